The molecule has 0 saturated carbocycles. The first-order valence-electron chi connectivity index (χ1n) is 24.1. The van der Waals surface area contributed by atoms with Crippen molar-refractivity contribution in [2.24, 2.45) is 5.73 Å². The van der Waals surface area contributed by atoms with Crippen molar-refractivity contribution in [3.05, 3.63) is 48.6 Å². The molecule has 0 aromatic heterocycles. The highest BCUT2D eigenvalue weighted by Gasteiger charge is 2.25. The fourth-order valence-electron chi connectivity index (χ4n) is 6.75. The second-order valence-corrected chi connectivity index (χ2v) is 17.4. The average molecular weight is 838 g/mol. The van der Waals surface area contributed by atoms with E-state index in [4.69, 9.17) is 24.3 Å². The van der Waals surface area contributed by atoms with Crippen LogP contribution in [0, 0.1) is 0 Å². The van der Waals surface area contributed by atoms with E-state index in [9.17, 15) is 14.3 Å². The Morgan fingerprint density at radius 3 is 1.45 bits per heavy atom. The molecule has 340 valence electrons. The third kappa shape index (κ3) is 45.5. The van der Waals surface area contributed by atoms with Crippen molar-refractivity contribution in [1.29, 1.82) is 0 Å². The van der Waals surface area contributed by atoms with Crippen molar-refractivity contribution in [1.82, 2.24) is 0 Å². The first kappa shape index (κ1) is 56.5. The van der Waals surface area contributed by atoms with Gasteiger partial charge in [-0.05, 0) is 51.4 Å². The Kier molecular flexibility index (Phi) is 45.3. The van der Waals surface area contributed by atoms with Gasteiger partial charge in [0.2, 0.25) is 0 Å². The number of rotatable bonds is 46. The molecule has 8 nitrogen and oxygen atoms in total. The van der Waals surface area contributed by atoms with E-state index in [2.05, 4.69) is 62.5 Å². The summed E-state index contributed by atoms with van der Waals surface area (Å²) < 4.78 is 33.5. The molecule has 0 amide bonds. The molecule has 0 heterocycles. The normalized spacial score (nSPS) is 13.8. The Morgan fingerprint density at radius 1 is 0.534 bits per heavy atom. The second-order valence-electron chi connectivity index (χ2n) is 16.0. The lowest BCUT2D eigenvalue weighted by Crippen LogP contribution is -2.28. The molecule has 0 bridgehead atoms. The monoisotopic (exact) mass is 838 g/mol. The van der Waals surface area contributed by atoms with E-state index in [0.29, 0.717) is 13.0 Å². The van der Waals surface area contributed by atoms with E-state index in [1.165, 1.54) is 135 Å². The van der Waals surface area contributed by atoms with Crippen LogP contribution >= 0.6 is 7.82 Å². The van der Waals surface area contributed by atoms with E-state index in [0.717, 1.165) is 64.2 Å². The third-order valence-corrected chi connectivity index (χ3v) is 11.2. The maximum atomic E-state index is 12.6. The lowest BCUT2D eigenvalue weighted by Gasteiger charge is -2.20. The van der Waals surface area contributed by atoms with Crippen LogP contribution in [0.25, 0.3) is 0 Å². The number of esters is 1. The van der Waals surface area contributed by atoms with E-state index < -0.39 is 13.9 Å². The summed E-state index contributed by atoms with van der Waals surface area (Å²) in [5, 5.41) is 0. The Morgan fingerprint density at radius 2 is 0.966 bits per heavy atom. The van der Waals surface area contributed by atoms with Crippen LogP contribution in [0.4, 0.5) is 0 Å². The minimum atomic E-state index is -4.28. The number of nitrogens with two attached hydrogens (primary N) is 1. The Balaban J connectivity index is 3.98. The molecule has 0 saturated heterocycles. The highest BCUT2D eigenvalue weighted by Crippen LogP contribution is 2.43. The summed E-state index contributed by atoms with van der Waals surface area (Å²) in [7, 11) is -4.28. The zero-order valence-electron chi connectivity index (χ0n) is 37.8. The SMILES string of the molecule is CC/C=C\C/C=C\C/C=C\C/C=C\CCCCCCCCCCC(=O)OC(COCCCCCCCCCCCCCCCCCCCC)COP(=O)(O)OCCN. The number of allylic oxidation sites excluding steroid dienone is 8. The standard InChI is InChI=1S/C49H92NO7P/c1-3-5-7-9-11-13-15-17-19-21-23-24-25-26-28-30-32-34-36-38-40-42-49(51)57-48(47-56-58(52,53)55-45-43-50)46-54-44-41-39-37-35-33-31-29-27-22-20-18-16-14-12-10-8-6-4-2/h5,7,11,13,17,19,23-24,48H,3-4,6,8-10,12,14-16,18,20-22,25-47,50H2,1-2H3,(H,52,53)/b7-5-,13-11-,19-17-,24-23-. The van der Waals surface area contributed by atoms with Gasteiger partial charge in [0.15, 0.2) is 0 Å². The molecule has 0 rings (SSSR count). The van der Waals surface area contributed by atoms with Crippen molar-refractivity contribution < 1.29 is 32.8 Å². The molecule has 9 heteroatoms. The Hall–Kier alpha value is -1.54. The lowest BCUT2D eigenvalue weighted by atomic mass is 10.0. The Labute approximate surface area is 358 Å². The average Bonchev–Trinajstić information content (AvgIpc) is 3.21. The van der Waals surface area contributed by atoms with E-state index in [1.807, 2.05) is 0 Å². The summed E-state index contributed by atoms with van der Waals surface area (Å²) in [6, 6.07) is 0. The largest absolute Gasteiger partial charge is 0.472 e. The van der Waals surface area contributed by atoms with Crippen LogP contribution in [-0.4, -0.2) is 49.9 Å². The van der Waals surface area contributed by atoms with E-state index >= 15 is 0 Å². The second kappa shape index (κ2) is 46.5. The van der Waals surface area contributed by atoms with Gasteiger partial charge in [-0.3, -0.25) is 13.8 Å². The number of hydrogen-bond acceptors (Lipinski definition) is 7. The maximum absolute atomic E-state index is 12.6. The van der Waals surface area contributed by atoms with Crippen molar-refractivity contribution in [2.75, 3.05) is 33.0 Å². The van der Waals surface area contributed by atoms with Gasteiger partial charge in [0, 0.05) is 19.6 Å². The van der Waals surface area contributed by atoms with Crippen molar-refractivity contribution in [2.45, 2.75) is 225 Å². The van der Waals surface area contributed by atoms with Gasteiger partial charge < -0.3 is 20.1 Å². The summed E-state index contributed by atoms with van der Waals surface area (Å²) >= 11 is 0. The lowest BCUT2D eigenvalue weighted by molar-refractivity contribution is -0.154. The molecular formula is C49H92NO7P. The van der Waals surface area contributed by atoms with Crippen LogP contribution in [0.5, 0.6) is 0 Å². The molecule has 0 aliphatic carbocycles. The number of phosphoric ester groups is 1. The molecule has 0 aliphatic heterocycles. The Bertz CT molecular complexity index is 1030. The molecule has 0 radical (unpaired) electrons. The topological polar surface area (TPSA) is 117 Å². The highest BCUT2D eigenvalue weighted by atomic mass is 31.2. The number of carbonyl (C=O) groups is 1. The predicted molar refractivity (Wildman–Crippen MR) is 247 cm³/mol. The zero-order valence-corrected chi connectivity index (χ0v) is 38.7. The summed E-state index contributed by atoms with van der Waals surface area (Å²) in [4.78, 5) is 22.6. The fourth-order valence-corrected chi connectivity index (χ4v) is 7.52. The van der Waals surface area contributed by atoms with Gasteiger partial charge in [-0.2, -0.15) is 0 Å². The van der Waals surface area contributed by atoms with E-state index in [1.54, 1.807) is 0 Å². The highest BCUT2D eigenvalue weighted by molar-refractivity contribution is 7.47. The summed E-state index contributed by atoms with van der Waals surface area (Å²) in [5.74, 6) is -0.336. The summed E-state index contributed by atoms with van der Waals surface area (Å²) in [6.45, 7) is 4.83. The van der Waals surface area contributed by atoms with Crippen LogP contribution in [-0.2, 0) is 27.9 Å². The number of carbonyl (C=O) groups excluding carboxylic acids is 1. The molecule has 0 aromatic carbocycles. The summed E-state index contributed by atoms with van der Waals surface area (Å²) in [6.07, 6.45) is 55.6. The van der Waals surface area contributed by atoms with Gasteiger partial charge in [-0.25, -0.2) is 4.57 Å². The quantitative estimate of drug-likeness (QED) is 0.0269. The minimum absolute atomic E-state index is 0.0971. The zero-order chi connectivity index (χ0) is 42.3. The number of ether oxygens (including phenoxy) is 2. The first-order chi connectivity index (χ1) is 28.4. The van der Waals surface area contributed by atoms with Crippen LogP contribution in [0.2, 0.25) is 0 Å². The van der Waals surface area contributed by atoms with Gasteiger partial charge in [-0.1, -0.05) is 210 Å². The maximum Gasteiger partial charge on any atom is 0.472 e. The fraction of sp³-hybridized carbons (Fsp3) is 0.816. The van der Waals surface area contributed by atoms with E-state index in [-0.39, 0.29) is 32.3 Å². The van der Waals surface area contributed by atoms with Gasteiger partial charge in [0.25, 0.3) is 0 Å². The first-order valence-corrected chi connectivity index (χ1v) is 25.6. The molecule has 2 unspecified atom stereocenters. The molecule has 0 aliphatic rings. The van der Waals surface area contributed by atoms with Crippen LogP contribution in [0.1, 0.15) is 219 Å². The van der Waals surface area contributed by atoms with Gasteiger partial charge in [0.05, 0.1) is 19.8 Å². The van der Waals surface area contributed by atoms with Crippen LogP contribution in [0.15, 0.2) is 48.6 Å². The number of phosphoric acid groups is 1. The predicted octanol–water partition coefficient (Wildman–Crippen LogP) is 14.8. The molecular weight excluding hydrogens is 746 g/mol. The van der Waals surface area contributed by atoms with Gasteiger partial charge in [-0.15, -0.1) is 0 Å². The molecule has 58 heavy (non-hydrogen) atoms. The third-order valence-electron chi connectivity index (χ3n) is 10.3. The molecule has 0 spiro atoms. The smallest absolute Gasteiger partial charge is 0.457 e. The van der Waals surface area contributed by atoms with Crippen molar-refractivity contribution in [3.8, 4) is 0 Å². The summed E-state index contributed by atoms with van der Waals surface area (Å²) in [5.41, 5.74) is 5.38. The number of unbranched alkanes of at least 4 members (excludes halogenated alkanes) is 25. The number of hydrogen-bond donors (Lipinski definition) is 2. The van der Waals surface area contributed by atoms with Gasteiger partial charge in [0.1, 0.15) is 6.10 Å². The molecule has 3 N–H and O–H groups in total. The van der Waals surface area contributed by atoms with Crippen molar-refractivity contribution in [3.63, 3.8) is 0 Å². The molecule has 0 fully saturated rings. The van der Waals surface area contributed by atoms with Crippen molar-refractivity contribution >= 4 is 13.8 Å². The van der Waals surface area contributed by atoms with Gasteiger partial charge >= 0.3 is 13.8 Å². The molecule has 0 aromatic rings. The van der Waals surface area contributed by atoms with Crippen LogP contribution < -0.4 is 5.73 Å². The minimum Gasteiger partial charge on any atom is -0.457 e. The molecule has 2 atom stereocenters. The van der Waals surface area contributed by atoms with Crippen LogP contribution in [0.3, 0.4) is 0 Å².